The summed E-state index contributed by atoms with van der Waals surface area (Å²) in [4.78, 5) is 37.0. The van der Waals surface area contributed by atoms with Crippen LogP contribution < -0.4 is 0 Å². The lowest BCUT2D eigenvalue weighted by atomic mass is 10.0. The fourth-order valence-electron chi connectivity index (χ4n) is 5.97. The highest BCUT2D eigenvalue weighted by molar-refractivity contribution is 5.71. The van der Waals surface area contributed by atoms with Crippen molar-refractivity contribution in [3.63, 3.8) is 0 Å². The van der Waals surface area contributed by atoms with E-state index in [0.29, 0.717) is 23.9 Å². The smallest absolute Gasteiger partial charge is 0.361 e. The van der Waals surface area contributed by atoms with Crippen molar-refractivity contribution in [2.24, 2.45) is 0 Å². The fraction of sp³-hybridized carbons (Fsp3) is 0.804. The van der Waals surface area contributed by atoms with Gasteiger partial charge in [-0.05, 0) is 44.9 Å². The number of likely N-dealkylation sites (N-methyl/N-ethyl adjacent to an activating group) is 1. The minimum Gasteiger partial charge on any atom is -0.477 e. The molecule has 0 saturated carbocycles. The number of carbonyl (C=O) groups is 3. The number of esters is 2. The molecule has 0 fully saturated rings. The lowest BCUT2D eigenvalue weighted by Gasteiger charge is -2.25. The fourth-order valence-corrected chi connectivity index (χ4v) is 5.97. The van der Waals surface area contributed by atoms with Gasteiger partial charge in [-0.3, -0.25) is 9.59 Å². The molecule has 0 spiro atoms. The molecular formula is C46H84NO8+. The minimum atomic E-state index is -1.51. The number of carboxylic acids is 1. The summed E-state index contributed by atoms with van der Waals surface area (Å²) in [5.41, 5.74) is 0. The molecule has 0 saturated heterocycles. The topological polar surface area (TPSA) is 108 Å². The third-order valence-corrected chi connectivity index (χ3v) is 9.41. The molecule has 0 heterocycles. The summed E-state index contributed by atoms with van der Waals surface area (Å²) >= 11 is 0. The summed E-state index contributed by atoms with van der Waals surface area (Å²) in [5.74, 6) is -2.04. The number of aliphatic carboxylic acids is 1. The van der Waals surface area contributed by atoms with Crippen LogP contribution in [0.3, 0.4) is 0 Å². The molecule has 0 radical (unpaired) electrons. The van der Waals surface area contributed by atoms with Gasteiger partial charge in [0, 0.05) is 12.8 Å². The first kappa shape index (κ1) is 52.5. The highest BCUT2D eigenvalue weighted by Gasteiger charge is 2.25. The Bertz CT molecular complexity index is 1000. The van der Waals surface area contributed by atoms with Crippen LogP contribution in [-0.2, 0) is 33.3 Å². The molecule has 0 bridgehead atoms. The summed E-state index contributed by atoms with van der Waals surface area (Å²) < 4.78 is 22.7. The van der Waals surface area contributed by atoms with E-state index in [1.807, 2.05) is 21.1 Å². The Balaban J connectivity index is 4.44. The van der Waals surface area contributed by atoms with Crippen molar-refractivity contribution >= 4 is 17.9 Å². The Hall–Kier alpha value is -2.49. The Labute approximate surface area is 337 Å². The summed E-state index contributed by atoms with van der Waals surface area (Å²) in [5, 5.41) is 9.62. The van der Waals surface area contributed by atoms with E-state index in [2.05, 4.69) is 50.3 Å². The summed E-state index contributed by atoms with van der Waals surface area (Å²) in [6.45, 7) is 4.72. The SMILES string of the molecule is CC/C=C\C/C=C\C/C=C\CCCCCC(=O)OC(COC(=O)CCCCCCCCCCCCCCCCCCC)COC(OCC[N+](C)(C)C)C(=O)O. The predicted octanol–water partition coefficient (Wildman–Crippen LogP) is 11.4. The van der Waals surface area contributed by atoms with E-state index in [1.54, 1.807) is 0 Å². The zero-order valence-corrected chi connectivity index (χ0v) is 36.1. The molecule has 0 aromatic heterocycles. The van der Waals surface area contributed by atoms with Crippen LogP contribution in [0.2, 0.25) is 0 Å². The summed E-state index contributed by atoms with van der Waals surface area (Å²) in [6.07, 6.45) is 39.2. The zero-order chi connectivity index (χ0) is 40.7. The highest BCUT2D eigenvalue weighted by Crippen LogP contribution is 2.15. The Morgan fingerprint density at radius 3 is 1.55 bits per heavy atom. The second-order valence-electron chi connectivity index (χ2n) is 16.0. The first-order chi connectivity index (χ1) is 26.6. The van der Waals surface area contributed by atoms with E-state index in [9.17, 15) is 19.5 Å². The van der Waals surface area contributed by atoms with Crippen molar-refractivity contribution < 1.29 is 42.9 Å². The number of quaternary nitrogens is 1. The lowest BCUT2D eigenvalue weighted by molar-refractivity contribution is -0.870. The maximum atomic E-state index is 12.7. The Morgan fingerprint density at radius 1 is 0.564 bits per heavy atom. The number of carboxylic acid groups (broad SMARTS) is 1. The van der Waals surface area contributed by atoms with Gasteiger partial charge in [0.2, 0.25) is 0 Å². The van der Waals surface area contributed by atoms with Crippen LogP contribution in [0.4, 0.5) is 0 Å². The van der Waals surface area contributed by atoms with Crippen LogP contribution in [-0.4, -0.2) is 87.4 Å². The predicted molar refractivity (Wildman–Crippen MR) is 226 cm³/mol. The second-order valence-corrected chi connectivity index (χ2v) is 16.0. The van der Waals surface area contributed by atoms with E-state index in [-0.39, 0.29) is 32.2 Å². The van der Waals surface area contributed by atoms with Crippen molar-refractivity contribution in [2.75, 3.05) is 47.5 Å². The Kier molecular flexibility index (Phi) is 36.6. The van der Waals surface area contributed by atoms with Gasteiger partial charge in [0.1, 0.15) is 13.2 Å². The van der Waals surface area contributed by atoms with Crippen LogP contribution in [0, 0.1) is 0 Å². The van der Waals surface area contributed by atoms with Crippen LogP contribution in [0.25, 0.3) is 0 Å². The van der Waals surface area contributed by atoms with Crippen molar-refractivity contribution in [2.45, 2.75) is 193 Å². The van der Waals surface area contributed by atoms with Gasteiger partial charge in [-0.1, -0.05) is 159 Å². The molecular weight excluding hydrogens is 695 g/mol. The molecule has 0 rings (SSSR count). The second kappa shape index (κ2) is 38.4. The normalized spacial score (nSPS) is 13.3. The minimum absolute atomic E-state index is 0.182. The molecule has 9 heteroatoms. The van der Waals surface area contributed by atoms with Crippen LogP contribution in [0.15, 0.2) is 36.5 Å². The molecule has 0 aliphatic heterocycles. The average molecular weight is 779 g/mol. The molecule has 2 atom stereocenters. The van der Waals surface area contributed by atoms with E-state index in [0.717, 1.165) is 57.8 Å². The van der Waals surface area contributed by atoms with Gasteiger partial charge in [0.05, 0.1) is 34.4 Å². The molecule has 0 aromatic carbocycles. The maximum absolute atomic E-state index is 12.7. The van der Waals surface area contributed by atoms with Crippen molar-refractivity contribution in [3.8, 4) is 0 Å². The molecule has 0 aliphatic rings. The molecule has 0 amide bonds. The van der Waals surface area contributed by atoms with E-state index >= 15 is 0 Å². The van der Waals surface area contributed by atoms with E-state index in [1.165, 1.54) is 89.9 Å². The molecule has 0 aliphatic carbocycles. The number of unbranched alkanes of at least 4 members (excludes halogenated alkanes) is 19. The zero-order valence-electron chi connectivity index (χ0n) is 36.1. The molecule has 9 nitrogen and oxygen atoms in total. The van der Waals surface area contributed by atoms with Gasteiger partial charge in [0.15, 0.2) is 6.10 Å². The van der Waals surface area contributed by atoms with Crippen molar-refractivity contribution in [1.29, 1.82) is 0 Å². The number of carbonyl (C=O) groups excluding carboxylic acids is 2. The van der Waals surface area contributed by atoms with Gasteiger partial charge < -0.3 is 28.5 Å². The number of rotatable bonds is 40. The van der Waals surface area contributed by atoms with Crippen LogP contribution in [0.5, 0.6) is 0 Å². The highest BCUT2D eigenvalue weighted by atomic mass is 16.7. The van der Waals surface area contributed by atoms with E-state index in [4.69, 9.17) is 18.9 Å². The first-order valence-electron chi connectivity index (χ1n) is 22.2. The quantitative estimate of drug-likeness (QED) is 0.0215. The number of hydrogen-bond donors (Lipinski definition) is 1. The van der Waals surface area contributed by atoms with Gasteiger partial charge >= 0.3 is 17.9 Å². The van der Waals surface area contributed by atoms with Crippen molar-refractivity contribution in [3.05, 3.63) is 36.5 Å². The lowest BCUT2D eigenvalue weighted by Crippen LogP contribution is -2.40. The third kappa shape index (κ3) is 39.5. The summed E-state index contributed by atoms with van der Waals surface area (Å²) in [7, 11) is 5.94. The van der Waals surface area contributed by atoms with Crippen molar-refractivity contribution in [1.82, 2.24) is 0 Å². The van der Waals surface area contributed by atoms with E-state index < -0.39 is 24.3 Å². The molecule has 0 aromatic rings. The molecule has 1 N–H and O–H groups in total. The Morgan fingerprint density at radius 2 is 1.04 bits per heavy atom. The van der Waals surface area contributed by atoms with Gasteiger partial charge in [-0.25, -0.2) is 4.79 Å². The maximum Gasteiger partial charge on any atom is 0.361 e. The van der Waals surface area contributed by atoms with Gasteiger partial charge in [-0.2, -0.15) is 0 Å². The molecule has 320 valence electrons. The average Bonchev–Trinajstić information content (AvgIpc) is 3.14. The molecule has 2 unspecified atom stereocenters. The monoisotopic (exact) mass is 779 g/mol. The number of ether oxygens (including phenoxy) is 4. The van der Waals surface area contributed by atoms with Crippen LogP contribution >= 0.6 is 0 Å². The largest absolute Gasteiger partial charge is 0.477 e. The van der Waals surface area contributed by atoms with Gasteiger partial charge in [-0.15, -0.1) is 0 Å². The van der Waals surface area contributed by atoms with Crippen LogP contribution in [0.1, 0.15) is 181 Å². The number of nitrogens with zero attached hydrogens (tertiary/aromatic N) is 1. The summed E-state index contributed by atoms with van der Waals surface area (Å²) in [6, 6.07) is 0. The standard InChI is InChI=1S/C46H83NO8/c1-6-8-10-12-14-16-18-20-21-22-23-25-26-28-30-32-34-36-43(48)53-40-42(41-54-46(45(50)51)52-39-38-47(3,4)5)55-44(49)37-35-33-31-29-27-24-19-17-15-13-11-9-7-2/h9,11,15,17,24,27,42,46H,6-8,10,12-14,16,18-23,25-26,28-41H2,1-5H3/p+1/b11-9-,17-15-,27-24-. The third-order valence-electron chi connectivity index (χ3n) is 9.41. The number of allylic oxidation sites excluding steroid dienone is 6. The molecule has 55 heavy (non-hydrogen) atoms. The first-order valence-corrected chi connectivity index (χ1v) is 22.2. The van der Waals surface area contributed by atoms with Gasteiger partial charge in [0.25, 0.3) is 6.29 Å². The number of hydrogen-bond acceptors (Lipinski definition) is 7.